The van der Waals surface area contributed by atoms with E-state index in [0.29, 0.717) is 5.70 Å². The van der Waals surface area contributed by atoms with E-state index < -0.39 is 5.97 Å². The lowest BCUT2D eigenvalue weighted by Crippen LogP contribution is -2.10. The van der Waals surface area contributed by atoms with Crippen molar-refractivity contribution in [1.29, 1.82) is 0 Å². The first-order chi connectivity index (χ1) is 7.59. The molecule has 0 aliphatic carbocycles. The van der Waals surface area contributed by atoms with E-state index in [-0.39, 0.29) is 12.5 Å². The molecule has 0 saturated carbocycles. The maximum absolute atomic E-state index is 11.4. The average molecular weight is 219 g/mol. The molecule has 0 aliphatic rings. The average Bonchev–Trinajstić information content (AvgIpc) is 2.27. The van der Waals surface area contributed by atoms with Crippen LogP contribution in [0.4, 0.5) is 0 Å². The summed E-state index contributed by atoms with van der Waals surface area (Å²) in [6.07, 6.45) is 1.34. The van der Waals surface area contributed by atoms with Crippen LogP contribution < -0.4 is 5.73 Å². The fraction of sp³-hybridized carbons (Fsp3) is 0.308. The topological polar surface area (TPSA) is 52.3 Å². The van der Waals surface area contributed by atoms with E-state index in [0.717, 1.165) is 5.56 Å². The highest BCUT2D eigenvalue weighted by molar-refractivity contribution is 5.82. The van der Waals surface area contributed by atoms with Crippen LogP contribution in [0.5, 0.6) is 0 Å². The number of carbonyl (C=O) groups is 1. The Hall–Kier alpha value is -1.77. The molecule has 0 atom stereocenters. The Morgan fingerprint density at radius 1 is 1.38 bits per heavy atom. The Kier molecular flexibility index (Phi) is 4.58. The molecule has 16 heavy (non-hydrogen) atoms. The first-order valence-electron chi connectivity index (χ1n) is 5.27. The van der Waals surface area contributed by atoms with Crippen LogP contribution in [0.1, 0.15) is 19.4 Å². The number of ether oxygens (including phenoxy) is 1. The van der Waals surface area contributed by atoms with Crippen molar-refractivity contribution in [2.45, 2.75) is 20.5 Å². The summed E-state index contributed by atoms with van der Waals surface area (Å²) in [6, 6.07) is 9.54. The minimum Gasteiger partial charge on any atom is -0.458 e. The molecule has 0 aliphatic heterocycles. The van der Waals surface area contributed by atoms with Gasteiger partial charge in [-0.1, -0.05) is 44.2 Å². The second-order valence-electron chi connectivity index (χ2n) is 3.89. The molecule has 1 rings (SSSR count). The smallest absolute Gasteiger partial charge is 0.332 e. The summed E-state index contributed by atoms with van der Waals surface area (Å²) in [5.41, 5.74) is 7.15. The molecule has 0 fully saturated rings. The van der Waals surface area contributed by atoms with Crippen LogP contribution in [0.2, 0.25) is 0 Å². The molecule has 1 aromatic rings. The van der Waals surface area contributed by atoms with Gasteiger partial charge in [0.05, 0.1) is 0 Å². The number of hydrogen-bond donors (Lipinski definition) is 1. The Morgan fingerprint density at radius 3 is 2.56 bits per heavy atom. The van der Waals surface area contributed by atoms with Crippen LogP contribution in [0.3, 0.4) is 0 Å². The van der Waals surface area contributed by atoms with E-state index in [2.05, 4.69) is 0 Å². The van der Waals surface area contributed by atoms with Crippen LogP contribution in [0.25, 0.3) is 0 Å². The van der Waals surface area contributed by atoms with Gasteiger partial charge in [0.25, 0.3) is 0 Å². The Balaban J connectivity index is 2.45. The van der Waals surface area contributed by atoms with Crippen molar-refractivity contribution in [3.8, 4) is 0 Å². The van der Waals surface area contributed by atoms with Crippen LogP contribution >= 0.6 is 0 Å². The lowest BCUT2D eigenvalue weighted by atomic mass is 10.1. The van der Waals surface area contributed by atoms with Crippen LogP contribution in [0.15, 0.2) is 42.1 Å². The van der Waals surface area contributed by atoms with Gasteiger partial charge >= 0.3 is 5.97 Å². The largest absolute Gasteiger partial charge is 0.458 e. The summed E-state index contributed by atoms with van der Waals surface area (Å²) in [4.78, 5) is 11.4. The van der Waals surface area contributed by atoms with Gasteiger partial charge in [-0.3, -0.25) is 0 Å². The van der Waals surface area contributed by atoms with E-state index in [4.69, 9.17) is 10.5 Å². The van der Waals surface area contributed by atoms with Crippen molar-refractivity contribution < 1.29 is 9.53 Å². The fourth-order valence-corrected chi connectivity index (χ4v) is 1.07. The molecule has 0 heterocycles. The summed E-state index contributed by atoms with van der Waals surface area (Å²) in [7, 11) is 0. The minimum atomic E-state index is -0.393. The van der Waals surface area contributed by atoms with Gasteiger partial charge < -0.3 is 10.5 Å². The molecule has 1 aromatic carbocycles. The number of esters is 1. The molecule has 0 saturated heterocycles. The van der Waals surface area contributed by atoms with Crippen LogP contribution in [-0.4, -0.2) is 5.97 Å². The molecule has 3 heteroatoms. The number of allylic oxidation sites excluding steroid dienone is 1. The Bertz CT molecular complexity index is 369. The zero-order chi connectivity index (χ0) is 12.0. The molecule has 3 nitrogen and oxygen atoms in total. The SMILES string of the molecule is CC(C)/C(N)=C\C(=O)OCc1ccccc1. The van der Waals surface area contributed by atoms with Crippen molar-refractivity contribution >= 4 is 5.97 Å². The Morgan fingerprint density at radius 2 is 2.00 bits per heavy atom. The summed E-state index contributed by atoms with van der Waals surface area (Å²) in [6.45, 7) is 4.13. The molecular weight excluding hydrogens is 202 g/mol. The molecule has 0 radical (unpaired) electrons. The predicted molar refractivity (Wildman–Crippen MR) is 63.3 cm³/mol. The van der Waals surface area contributed by atoms with Crippen molar-refractivity contribution in [3.63, 3.8) is 0 Å². The van der Waals surface area contributed by atoms with Gasteiger partial charge in [-0.25, -0.2) is 4.79 Å². The first-order valence-corrected chi connectivity index (χ1v) is 5.27. The molecule has 0 unspecified atom stereocenters. The van der Waals surface area contributed by atoms with Crippen molar-refractivity contribution in [3.05, 3.63) is 47.7 Å². The van der Waals surface area contributed by atoms with Crippen LogP contribution in [-0.2, 0) is 16.1 Å². The third-order valence-corrected chi connectivity index (χ3v) is 2.18. The van der Waals surface area contributed by atoms with E-state index in [9.17, 15) is 4.79 Å². The zero-order valence-electron chi connectivity index (χ0n) is 9.64. The van der Waals surface area contributed by atoms with E-state index in [1.807, 2.05) is 44.2 Å². The fourth-order valence-electron chi connectivity index (χ4n) is 1.07. The standard InChI is InChI=1S/C13H17NO2/c1-10(2)12(14)8-13(15)16-9-11-6-4-3-5-7-11/h3-8,10H,9,14H2,1-2H3/b12-8+. The highest BCUT2D eigenvalue weighted by Gasteiger charge is 2.03. The normalized spacial score (nSPS) is 11.6. The van der Waals surface area contributed by atoms with E-state index in [1.54, 1.807) is 0 Å². The lowest BCUT2D eigenvalue weighted by molar-refractivity contribution is -0.139. The molecule has 0 aromatic heterocycles. The highest BCUT2D eigenvalue weighted by Crippen LogP contribution is 2.04. The monoisotopic (exact) mass is 219 g/mol. The van der Waals surface area contributed by atoms with Gasteiger partial charge in [-0.15, -0.1) is 0 Å². The van der Waals surface area contributed by atoms with Crippen molar-refractivity contribution in [2.75, 3.05) is 0 Å². The highest BCUT2D eigenvalue weighted by atomic mass is 16.5. The third kappa shape index (κ3) is 4.17. The summed E-state index contributed by atoms with van der Waals surface area (Å²) in [5, 5.41) is 0. The van der Waals surface area contributed by atoms with Gasteiger partial charge in [0.1, 0.15) is 6.61 Å². The van der Waals surface area contributed by atoms with Gasteiger partial charge in [0.15, 0.2) is 0 Å². The summed E-state index contributed by atoms with van der Waals surface area (Å²) < 4.78 is 5.05. The van der Waals surface area contributed by atoms with E-state index >= 15 is 0 Å². The quantitative estimate of drug-likeness (QED) is 0.624. The minimum absolute atomic E-state index is 0.157. The third-order valence-electron chi connectivity index (χ3n) is 2.18. The number of benzene rings is 1. The zero-order valence-corrected chi connectivity index (χ0v) is 9.64. The van der Waals surface area contributed by atoms with Gasteiger partial charge in [0, 0.05) is 11.8 Å². The van der Waals surface area contributed by atoms with Crippen LogP contribution in [0, 0.1) is 5.92 Å². The number of nitrogens with two attached hydrogens (primary N) is 1. The maximum Gasteiger partial charge on any atom is 0.332 e. The molecule has 0 spiro atoms. The molecule has 0 amide bonds. The second kappa shape index (κ2) is 5.95. The summed E-state index contributed by atoms with van der Waals surface area (Å²) in [5.74, 6) is -0.237. The van der Waals surface area contributed by atoms with Gasteiger partial charge in [0.2, 0.25) is 0 Å². The van der Waals surface area contributed by atoms with Crippen molar-refractivity contribution in [1.82, 2.24) is 0 Å². The van der Waals surface area contributed by atoms with Gasteiger partial charge in [-0.05, 0) is 11.5 Å². The van der Waals surface area contributed by atoms with Crippen molar-refractivity contribution in [2.24, 2.45) is 11.7 Å². The molecular formula is C13H17NO2. The number of rotatable bonds is 4. The molecule has 86 valence electrons. The van der Waals surface area contributed by atoms with Gasteiger partial charge in [-0.2, -0.15) is 0 Å². The number of carbonyl (C=O) groups excluding carboxylic acids is 1. The first kappa shape index (κ1) is 12.3. The number of hydrogen-bond acceptors (Lipinski definition) is 3. The lowest BCUT2D eigenvalue weighted by Gasteiger charge is -2.05. The Labute approximate surface area is 95.9 Å². The molecule has 0 bridgehead atoms. The molecule has 2 N–H and O–H groups in total. The summed E-state index contributed by atoms with van der Waals surface area (Å²) >= 11 is 0. The predicted octanol–water partition coefficient (Wildman–Crippen LogP) is 2.23. The van der Waals surface area contributed by atoms with E-state index in [1.165, 1.54) is 6.08 Å². The maximum atomic E-state index is 11.4. The second-order valence-corrected chi connectivity index (χ2v) is 3.89.